The van der Waals surface area contributed by atoms with Gasteiger partial charge in [-0.1, -0.05) is 31.1 Å². The first kappa shape index (κ1) is 13.9. The van der Waals surface area contributed by atoms with Crippen molar-refractivity contribution in [3.8, 4) is 5.88 Å². The molecule has 0 aliphatic carbocycles. The summed E-state index contributed by atoms with van der Waals surface area (Å²) in [5.74, 6) is 0.0311. The molecular weight excluding hydrogens is 258 g/mol. The highest BCUT2D eigenvalue weighted by atomic mass is 16.5. The Bertz CT molecular complexity index is 620. The van der Waals surface area contributed by atoms with E-state index >= 15 is 0 Å². The number of benzene rings is 1. The molecule has 1 amide bonds. The molecule has 0 spiro atoms. The van der Waals surface area contributed by atoms with Crippen molar-refractivity contribution < 1.29 is 14.7 Å². The summed E-state index contributed by atoms with van der Waals surface area (Å²) in [6, 6.07) is 6.96. The number of nitrogens with zero attached hydrogens (tertiary/aromatic N) is 2. The first-order chi connectivity index (χ1) is 9.49. The van der Waals surface area contributed by atoms with Gasteiger partial charge in [-0.05, 0) is 17.5 Å². The topological polar surface area (TPSA) is 90.4 Å². The molecule has 6 heteroatoms. The monoisotopic (exact) mass is 275 g/mol. The molecule has 0 aliphatic rings. The van der Waals surface area contributed by atoms with Crippen LogP contribution in [0.4, 0.5) is 0 Å². The largest absolute Gasteiger partial charge is 0.472 e. The minimum absolute atomic E-state index is 0.170. The Hall–Kier alpha value is -2.50. The average molecular weight is 275 g/mol. The molecule has 2 aromatic rings. The van der Waals surface area contributed by atoms with Crippen LogP contribution in [0, 0.1) is 0 Å². The Morgan fingerprint density at radius 1 is 1.45 bits per heavy atom. The van der Waals surface area contributed by atoms with Crippen LogP contribution >= 0.6 is 0 Å². The summed E-state index contributed by atoms with van der Waals surface area (Å²) in [6.45, 7) is 4.24. The van der Waals surface area contributed by atoms with E-state index in [9.17, 15) is 4.79 Å². The number of hydrogen-bond acceptors (Lipinski definition) is 4. The molecule has 3 N–H and O–H groups in total. The molecule has 106 valence electrons. The molecular formula is C14H17N3O3. The smallest absolute Gasteiger partial charge is 0.249 e. The molecule has 6 nitrogen and oxygen atoms in total. The zero-order chi connectivity index (χ0) is 14.7. The van der Waals surface area contributed by atoms with Gasteiger partial charge in [0.05, 0.1) is 6.20 Å². The lowest BCUT2D eigenvalue weighted by Gasteiger charge is -2.15. The number of hydrogen-bond donors (Lipinski definition) is 2. The number of rotatable bonds is 5. The summed E-state index contributed by atoms with van der Waals surface area (Å²) in [5.41, 5.74) is 7.60. The second kappa shape index (κ2) is 5.64. The highest BCUT2D eigenvalue weighted by molar-refractivity contribution is 5.94. The average Bonchev–Trinajstić information content (AvgIpc) is 2.81. The molecule has 0 saturated heterocycles. The van der Waals surface area contributed by atoms with Gasteiger partial charge in [0, 0.05) is 17.2 Å². The van der Waals surface area contributed by atoms with Crippen LogP contribution in [-0.4, -0.2) is 21.1 Å². The Morgan fingerprint density at radius 3 is 2.75 bits per heavy atom. The predicted molar refractivity (Wildman–Crippen MR) is 72.8 cm³/mol. The summed E-state index contributed by atoms with van der Waals surface area (Å²) < 4.78 is 5.49. The van der Waals surface area contributed by atoms with Crippen LogP contribution < -0.4 is 10.5 Å². The number of carbonyl (C=O) groups is 1. The van der Waals surface area contributed by atoms with Gasteiger partial charge in [0.25, 0.3) is 0 Å². The highest BCUT2D eigenvalue weighted by Crippen LogP contribution is 2.24. The van der Waals surface area contributed by atoms with Gasteiger partial charge >= 0.3 is 0 Å². The van der Waals surface area contributed by atoms with E-state index in [1.807, 2.05) is 19.9 Å². The maximum atomic E-state index is 11.5. The van der Waals surface area contributed by atoms with Gasteiger partial charge in [-0.15, -0.1) is 4.85 Å². The van der Waals surface area contributed by atoms with Gasteiger partial charge in [0.1, 0.15) is 6.61 Å². The van der Waals surface area contributed by atoms with E-state index in [4.69, 9.17) is 15.7 Å². The third kappa shape index (κ3) is 2.90. The van der Waals surface area contributed by atoms with Gasteiger partial charge in [-0.3, -0.25) is 4.79 Å². The predicted octanol–water partition coefficient (Wildman–Crippen LogP) is 1.92. The standard InChI is InChI=1S/C14H17N3O3/c1-9(2)10-4-3-5-11(14(15)18)12(10)8-20-13-6-7-17(19)16-13/h3-7,9,19H,8H2,1-2H3,(H2,15,18). The van der Waals surface area contributed by atoms with Crippen LogP contribution in [0.1, 0.15) is 41.3 Å². The lowest BCUT2D eigenvalue weighted by molar-refractivity contribution is 0.0997. The number of primary amides is 1. The number of carbonyl (C=O) groups excluding carboxylic acids is 1. The van der Waals surface area contributed by atoms with Crippen molar-refractivity contribution in [2.45, 2.75) is 26.4 Å². The number of amides is 1. The molecule has 0 unspecified atom stereocenters. The van der Waals surface area contributed by atoms with Crippen molar-refractivity contribution in [2.24, 2.45) is 5.73 Å². The van der Waals surface area contributed by atoms with Crippen molar-refractivity contribution in [3.63, 3.8) is 0 Å². The van der Waals surface area contributed by atoms with Crippen molar-refractivity contribution >= 4 is 5.91 Å². The zero-order valence-corrected chi connectivity index (χ0v) is 11.4. The Labute approximate surface area is 116 Å². The number of aromatic nitrogens is 2. The minimum Gasteiger partial charge on any atom is -0.472 e. The van der Waals surface area contributed by atoms with E-state index in [0.717, 1.165) is 11.1 Å². The molecule has 0 radical (unpaired) electrons. The number of ether oxygens (including phenoxy) is 1. The van der Waals surface area contributed by atoms with Crippen molar-refractivity contribution in [3.05, 3.63) is 47.2 Å². The third-order valence-corrected chi connectivity index (χ3v) is 3.02. The molecule has 1 aromatic carbocycles. The Kier molecular flexibility index (Phi) is 3.93. The first-order valence-corrected chi connectivity index (χ1v) is 6.28. The van der Waals surface area contributed by atoms with Crippen molar-refractivity contribution in [1.82, 2.24) is 9.94 Å². The van der Waals surface area contributed by atoms with Crippen LogP contribution in [0.15, 0.2) is 30.5 Å². The van der Waals surface area contributed by atoms with Gasteiger partial charge in [-0.2, -0.15) is 0 Å². The van der Waals surface area contributed by atoms with E-state index in [2.05, 4.69) is 5.10 Å². The van der Waals surface area contributed by atoms with Crippen LogP contribution in [0.3, 0.4) is 0 Å². The fourth-order valence-corrected chi connectivity index (χ4v) is 2.06. The molecule has 1 heterocycles. The highest BCUT2D eigenvalue weighted by Gasteiger charge is 2.15. The van der Waals surface area contributed by atoms with Gasteiger partial charge < -0.3 is 15.7 Å². The van der Waals surface area contributed by atoms with Gasteiger partial charge in [-0.25, -0.2) is 0 Å². The third-order valence-electron chi connectivity index (χ3n) is 3.02. The molecule has 0 fully saturated rings. The Balaban J connectivity index is 2.30. The second-order valence-electron chi connectivity index (χ2n) is 4.76. The fourth-order valence-electron chi connectivity index (χ4n) is 2.06. The van der Waals surface area contributed by atoms with Gasteiger partial charge in [0.2, 0.25) is 11.8 Å². The number of nitrogens with two attached hydrogens (primary N) is 1. The minimum atomic E-state index is -0.487. The van der Waals surface area contributed by atoms with Gasteiger partial charge in [0.15, 0.2) is 0 Å². The normalized spacial score (nSPS) is 10.8. The summed E-state index contributed by atoms with van der Waals surface area (Å²) in [6.07, 6.45) is 1.36. The lowest BCUT2D eigenvalue weighted by Crippen LogP contribution is -2.17. The van der Waals surface area contributed by atoms with E-state index in [0.29, 0.717) is 10.4 Å². The summed E-state index contributed by atoms with van der Waals surface area (Å²) in [5, 5.41) is 12.8. The zero-order valence-electron chi connectivity index (χ0n) is 11.4. The van der Waals surface area contributed by atoms with E-state index in [1.165, 1.54) is 12.3 Å². The second-order valence-corrected chi connectivity index (χ2v) is 4.76. The van der Waals surface area contributed by atoms with E-state index < -0.39 is 5.91 Å². The lowest BCUT2D eigenvalue weighted by atomic mass is 9.93. The van der Waals surface area contributed by atoms with Crippen LogP contribution in [0.5, 0.6) is 5.88 Å². The summed E-state index contributed by atoms with van der Waals surface area (Å²) in [4.78, 5) is 12.2. The molecule has 1 aromatic heterocycles. The van der Waals surface area contributed by atoms with Crippen molar-refractivity contribution in [1.29, 1.82) is 0 Å². The fraction of sp³-hybridized carbons (Fsp3) is 0.286. The summed E-state index contributed by atoms with van der Waals surface area (Å²) >= 11 is 0. The molecule has 0 saturated carbocycles. The maximum absolute atomic E-state index is 11.5. The summed E-state index contributed by atoms with van der Waals surface area (Å²) in [7, 11) is 0. The van der Waals surface area contributed by atoms with Crippen molar-refractivity contribution in [2.75, 3.05) is 0 Å². The van der Waals surface area contributed by atoms with E-state index in [-0.39, 0.29) is 18.4 Å². The molecule has 20 heavy (non-hydrogen) atoms. The van der Waals surface area contributed by atoms with E-state index in [1.54, 1.807) is 12.1 Å². The Morgan fingerprint density at radius 2 is 2.20 bits per heavy atom. The molecule has 0 bridgehead atoms. The van der Waals surface area contributed by atoms with Crippen LogP contribution in [0.25, 0.3) is 0 Å². The SMILES string of the molecule is CC(C)c1cccc(C(N)=O)c1COc1ccn(O)n1. The quantitative estimate of drug-likeness (QED) is 0.816. The molecule has 0 atom stereocenters. The first-order valence-electron chi connectivity index (χ1n) is 6.28. The van der Waals surface area contributed by atoms with Crippen LogP contribution in [-0.2, 0) is 6.61 Å². The van der Waals surface area contributed by atoms with Crippen LogP contribution in [0.2, 0.25) is 0 Å². The molecule has 2 rings (SSSR count). The maximum Gasteiger partial charge on any atom is 0.249 e. The molecule has 0 aliphatic heterocycles.